The zero-order valence-electron chi connectivity index (χ0n) is 14.6. The summed E-state index contributed by atoms with van der Waals surface area (Å²) in [5.41, 5.74) is -1.38. The number of nitrogens with zero attached hydrogens (tertiary/aromatic N) is 1. The van der Waals surface area contributed by atoms with Crippen LogP contribution < -0.4 is 0 Å². The fourth-order valence-electron chi connectivity index (χ4n) is 3.45. The van der Waals surface area contributed by atoms with Crippen molar-refractivity contribution in [2.75, 3.05) is 0 Å². The highest BCUT2D eigenvalue weighted by Gasteiger charge is 2.40. The summed E-state index contributed by atoms with van der Waals surface area (Å²) < 4.78 is 0. The smallest absolute Gasteiger partial charge is 0.145 e. The number of ketones is 2. The lowest BCUT2D eigenvalue weighted by molar-refractivity contribution is -0.132. The number of carbonyl (C=O) groups excluding carboxylic acids is 2. The van der Waals surface area contributed by atoms with Gasteiger partial charge in [-0.25, -0.2) is 0 Å². The molecule has 0 aliphatic carbocycles. The fraction of sp³-hybridized carbons (Fsp3) is 0.882. The van der Waals surface area contributed by atoms with Crippen LogP contribution in [0.1, 0.15) is 74.1 Å². The lowest BCUT2D eigenvalue weighted by Gasteiger charge is -2.60. The number of carbonyl (C=O) groups is 2. The van der Waals surface area contributed by atoms with Crippen molar-refractivity contribution in [3.63, 3.8) is 0 Å². The van der Waals surface area contributed by atoms with E-state index >= 15 is 0 Å². The average molecular weight is 296 g/mol. The van der Waals surface area contributed by atoms with Crippen LogP contribution in [0.5, 0.6) is 0 Å². The molecule has 0 saturated carbocycles. The monoisotopic (exact) mass is 296 g/mol. The maximum Gasteiger partial charge on any atom is 0.145 e. The first-order valence-electron chi connectivity index (χ1n) is 7.78. The van der Waals surface area contributed by atoms with Crippen molar-refractivity contribution < 1.29 is 9.59 Å². The Morgan fingerprint density at radius 2 is 1.52 bits per heavy atom. The second-order valence-electron chi connectivity index (χ2n) is 8.79. The molecule has 122 valence electrons. The first-order valence-corrected chi connectivity index (χ1v) is 7.78. The molecule has 4 nitrogen and oxygen atoms in total. The summed E-state index contributed by atoms with van der Waals surface area (Å²) in [7, 11) is 0. The standard InChI is InChI=1S/C17H30NO3/c1-15(2,3)14(20)9-13(19)8-12-10-16(4,5)18(21)17(6,7)11-12/h12H,8-11H2,1-7H3/q-1. The van der Waals surface area contributed by atoms with Gasteiger partial charge in [-0.1, -0.05) is 20.8 Å². The second-order valence-corrected chi connectivity index (χ2v) is 8.79. The highest BCUT2D eigenvalue weighted by Crippen LogP contribution is 2.42. The SMILES string of the molecule is CC(C)(C)C(=O)CC(=O)CC1CC(C)(C)N([O-])C(C)(C)C1. The topological polar surface area (TPSA) is 60.4 Å². The van der Waals surface area contributed by atoms with Crippen molar-refractivity contribution in [3.05, 3.63) is 5.21 Å². The van der Waals surface area contributed by atoms with E-state index in [-0.39, 0.29) is 23.9 Å². The first-order chi connectivity index (χ1) is 9.25. The minimum atomic E-state index is -0.466. The van der Waals surface area contributed by atoms with E-state index < -0.39 is 16.5 Å². The third-order valence-electron chi connectivity index (χ3n) is 4.39. The number of hydrogen-bond donors (Lipinski definition) is 0. The van der Waals surface area contributed by atoms with Gasteiger partial charge in [-0.15, -0.1) is 0 Å². The van der Waals surface area contributed by atoms with Crippen molar-refractivity contribution in [1.29, 1.82) is 0 Å². The summed E-state index contributed by atoms with van der Waals surface area (Å²) in [6, 6.07) is 0. The summed E-state index contributed by atoms with van der Waals surface area (Å²) in [5.74, 6) is 0.179. The number of hydroxylamine groups is 2. The van der Waals surface area contributed by atoms with E-state index in [1.807, 2.05) is 48.5 Å². The van der Waals surface area contributed by atoms with Crippen molar-refractivity contribution in [3.8, 4) is 0 Å². The van der Waals surface area contributed by atoms with Crippen LogP contribution in [0.3, 0.4) is 0 Å². The van der Waals surface area contributed by atoms with Gasteiger partial charge in [-0.05, 0) is 46.5 Å². The molecule has 0 radical (unpaired) electrons. The molecule has 0 unspecified atom stereocenters. The number of rotatable bonds is 4. The fourth-order valence-corrected chi connectivity index (χ4v) is 3.45. The highest BCUT2D eigenvalue weighted by molar-refractivity contribution is 6.01. The zero-order chi connectivity index (χ0) is 16.6. The van der Waals surface area contributed by atoms with E-state index in [2.05, 4.69) is 0 Å². The van der Waals surface area contributed by atoms with Gasteiger partial charge < -0.3 is 10.3 Å². The molecule has 1 heterocycles. The van der Waals surface area contributed by atoms with Crippen molar-refractivity contribution in [1.82, 2.24) is 5.06 Å². The Bertz CT molecular complexity index is 400. The van der Waals surface area contributed by atoms with Crippen molar-refractivity contribution >= 4 is 11.6 Å². The van der Waals surface area contributed by atoms with Gasteiger partial charge in [0.25, 0.3) is 0 Å². The number of hydrogen-bond acceptors (Lipinski definition) is 4. The lowest BCUT2D eigenvalue weighted by Crippen LogP contribution is -2.57. The summed E-state index contributed by atoms with van der Waals surface area (Å²) in [5, 5.41) is 13.5. The predicted molar refractivity (Wildman–Crippen MR) is 84.8 cm³/mol. The molecule has 1 aliphatic rings. The summed E-state index contributed by atoms with van der Waals surface area (Å²) in [4.78, 5) is 24.1. The third-order valence-corrected chi connectivity index (χ3v) is 4.39. The van der Waals surface area contributed by atoms with Crippen LogP contribution in [0.25, 0.3) is 0 Å². The van der Waals surface area contributed by atoms with E-state index in [4.69, 9.17) is 0 Å². The van der Waals surface area contributed by atoms with Gasteiger partial charge in [-0.2, -0.15) is 0 Å². The summed E-state index contributed by atoms with van der Waals surface area (Å²) in [6.45, 7) is 13.2. The molecule has 4 heteroatoms. The van der Waals surface area contributed by atoms with E-state index in [1.54, 1.807) is 0 Å². The van der Waals surface area contributed by atoms with Gasteiger partial charge in [-0.3, -0.25) is 9.59 Å². The largest absolute Gasteiger partial charge is 0.784 e. The maximum absolute atomic E-state index is 12.3. The van der Waals surface area contributed by atoms with Crippen LogP contribution in [-0.4, -0.2) is 27.7 Å². The summed E-state index contributed by atoms with van der Waals surface area (Å²) >= 11 is 0. The Kier molecular flexibility index (Phi) is 5.06. The van der Waals surface area contributed by atoms with Crippen LogP contribution in [0.4, 0.5) is 0 Å². The molecule has 1 aliphatic heterocycles. The van der Waals surface area contributed by atoms with Crippen molar-refractivity contribution in [2.24, 2.45) is 11.3 Å². The third kappa shape index (κ3) is 4.62. The van der Waals surface area contributed by atoms with Gasteiger partial charge in [0.2, 0.25) is 0 Å². The molecule has 0 aromatic rings. The first kappa shape index (κ1) is 18.3. The maximum atomic E-state index is 12.3. The minimum absolute atomic E-state index is 0.00544. The van der Waals surface area contributed by atoms with Crippen LogP contribution in [0, 0.1) is 16.5 Å². The van der Waals surface area contributed by atoms with Crippen LogP contribution in [0.15, 0.2) is 0 Å². The highest BCUT2D eigenvalue weighted by atomic mass is 16.5. The molecule has 0 aromatic carbocycles. The number of Topliss-reactive ketones (excluding diaryl/α,β-unsaturated/α-hetero) is 2. The second kappa shape index (κ2) is 5.81. The number of piperidine rings is 1. The van der Waals surface area contributed by atoms with Gasteiger partial charge in [0.15, 0.2) is 0 Å². The summed E-state index contributed by atoms with van der Waals surface area (Å²) in [6.07, 6.45) is 1.83. The molecule has 1 saturated heterocycles. The van der Waals surface area contributed by atoms with Gasteiger partial charge in [0.1, 0.15) is 11.6 Å². The van der Waals surface area contributed by atoms with E-state index in [0.717, 1.165) is 0 Å². The Labute approximate surface area is 128 Å². The van der Waals surface area contributed by atoms with E-state index in [1.165, 1.54) is 5.06 Å². The van der Waals surface area contributed by atoms with Crippen molar-refractivity contribution in [2.45, 2.75) is 85.2 Å². The molecule has 0 bridgehead atoms. The molecular formula is C17H30NO3-. The Hall–Kier alpha value is -0.740. The van der Waals surface area contributed by atoms with Crippen LogP contribution >= 0.6 is 0 Å². The molecule has 1 fully saturated rings. The Morgan fingerprint density at radius 1 is 1.10 bits per heavy atom. The molecule has 0 atom stereocenters. The lowest BCUT2D eigenvalue weighted by atomic mass is 9.73. The van der Waals surface area contributed by atoms with E-state index in [0.29, 0.717) is 19.3 Å². The minimum Gasteiger partial charge on any atom is -0.784 e. The van der Waals surface area contributed by atoms with Gasteiger partial charge in [0.05, 0.1) is 6.42 Å². The predicted octanol–water partition coefficient (Wildman–Crippen LogP) is 3.72. The quantitative estimate of drug-likeness (QED) is 0.742. The van der Waals surface area contributed by atoms with Crippen LogP contribution in [-0.2, 0) is 9.59 Å². The van der Waals surface area contributed by atoms with Gasteiger partial charge >= 0.3 is 0 Å². The molecular weight excluding hydrogens is 266 g/mol. The molecule has 0 aromatic heterocycles. The zero-order valence-corrected chi connectivity index (χ0v) is 14.6. The van der Waals surface area contributed by atoms with Gasteiger partial charge in [0, 0.05) is 22.9 Å². The Balaban J connectivity index is 2.68. The molecule has 0 N–H and O–H groups in total. The van der Waals surface area contributed by atoms with Crippen LogP contribution in [0.2, 0.25) is 0 Å². The molecule has 21 heavy (non-hydrogen) atoms. The average Bonchev–Trinajstić information content (AvgIpc) is 2.23. The molecule has 0 amide bonds. The Morgan fingerprint density at radius 3 is 1.90 bits per heavy atom. The normalized spacial score (nSPS) is 23.0. The molecule has 1 rings (SSSR count). The van der Waals surface area contributed by atoms with E-state index in [9.17, 15) is 14.8 Å². The molecule has 0 spiro atoms.